The lowest BCUT2D eigenvalue weighted by Crippen LogP contribution is -2.37. The van der Waals surface area contributed by atoms with Gasteiger partial charge in [0.1, 0.15) is 6.54 Å². The second kappa shape index (κ2) is 5.88. The van der Waals surface area contributed by atoms with Crippen molar-refractivity contribution in [3.05, 3.63) is 63.2 Å². The molecule has 22 heavy (non-hydrogen) atoms. The molecule has 0 spiro atoms. The molecule has 0 fully saturated rings. The Hall–Kier alpha value is -2.22. The molecular formula is C16H11IN2O3. The lowest BCUT2D eigenvalue weighted by molar-refractivity contribution is -0.116. The van der Waals surface area contributed by atoms with Crippen LogP contribution in [0.25, 0.3) is 0 Å². The van der Waals surface area contributed by atoms with Gasteiger partial charge in [-0.1, -0.05) is 18.2 Å². The summed E-state index contributed by atoms with van der Waals surface area (Å²) in [5, 5.41) is 2.69. The quantitative estimate of drug-likeness (QED) is 0.630. The number of hydrogen-bond donors (Lipinski definition) is 1. The fourth-order valence-electron chi connectivity index (χ4n) is 2.29. The van der Waals surface area contributed by atoms with Crippen LogP contribution < -0.4 is 5.32 Å². The predicted molar refractivity (Wildman–Crippen MR) is 89.6 cm³/mol. The largest absolute Gasteiger partial charge is 0.324 e. The minimum Gasteiger partial charge on any atom is -0.324 e. The maximum Gasteiger partial charge on any atom is 0.262 e. The van der Waals surface area contributed by atoms with Crippen LogP contribution in [0.5, 0.6) is 0 Å². The van der Waals surface area contributed by atoms with E-state index in [9.17, 15) is 14.4 Å². The molecule has 0 saturated heterocycles. The molecule has 1 N–H and O–H groups in total. The van der Waals surface area contributed by atoms with Crippen molar-refractivity contribution in [2.75, 3.05) is 11.9 Å². The van der Waals surface area contributed by atoms with Crippen molar-refractivity contribution >= 4 is 46.0 Å². The number of amides is 3. The molecule has 0 saturated carbocycles. The van der Waals surface area contributed by atoms with Crippen molar-refractivity contribution in [1.82, 2.24) is 4.90 Å². The number of carbonyl (C=O) groups is 3. The van der Waals surface area contributed by atoms with Gasteiger partial charge >= 0.3 is 0 Å². The zero-order valence-corrected chi connectivity index (χ0v) is 13.5. The van der Waals surface area contributed by atoms with Gasteiger partial charge in [0.15, 0.2) is 0 Å². The number of hydrogen-bond acceptors (Lipinski definition) is 3. The topological polar surface area (TPSA) is 66.5 Å². The number of nitrogens with one attached hydrogen (secondary N) is 1. The molecule has 3 rings (SSSR count). The Kier molecular flexibility index (Phi) is 3.93. The monoisotopic (exact) mass is 406 g/mol. The lowest BCUT2D eigenvalue weighted by atomic mass is 10.1. The van der Waals surface area contributed by atoms with Crippen molar-refractivity contribution in [1.29, 1.82) is 0 Å². The highest BCUT2D eigenvalue weighted by atomic mass is 127. The number of anilines is 1. The van der Waals surface area contributed by atoms with Crippen molar-refractivity contribution in [2.24, 2.45) is 0 Å². The summed E-state index contributed by atoms with van der Waals surface area (Å²) < 4.78 is 0.983. The van der Waals surface area contributed by atoms with E-state index >= 15 is 0 Å². The lowest BCUT2D eigenvalue weighted by Gasteiger charge is -2.13. The number of carbonyl (C=O) groups excluding carboxylic acids is 3. The van der Waals surface area contributed by atoms with E-state index in [-0.39, 0.29) is 6.54 Å². The summed E-state index contributed by atoms with van der Waals surface area (Å²) in [5.41, 5.74) is 1.32. The van der Waals surface area contributed by atoms with E-state index in [1.165, 1.54) is 0 Å². The molecule has 1 aliphatic rings. The second-order valence-corrected chi connectivity index (χ2v) is 6.05. The second-order valence-electron chi connectivity index (χ2n) is 4.80. The Morgan fingerprint density at radius 3 is 2.23 bits per heavy atom. The highest BCUT2D eigenvalue weighted by molar-refractivity contribution is 14.1. The fourth-order valence-corrected chi connectivity index (χ4v) is 2.84. The fraction of sp³-hybridized carbons (Fsp3) is 0.0625. The predicted octanol–water partition coefficient (Wildman–Crippen LogP) is 2.53. The van der Waals surface area contributed by atoms with Crippen molar-refractivity contribution in [2.45, 2.75) is 0 Å². The van der Waals surface area contributed by atoms with Gasteiger partial charge in [-0.15, -0.1) is 0 Å². The van der Waals surface area contributed by atoms with Crippen molar-refractivity contribution in [3.8, 4) is 0 Å². The molecule has 110 valence electrons. The SMILES string of the molecule is O=C(CN1C(=O)c2ccccc2C1=O)Nc1cccc(I)c1. The first-order chi connectivity index (χ1) is 10.6. The molecule has 0 radical (unpaired) electrons. The third-order valence-electron chi connectivity index (χ3n) is 3.29. The van der Waals surface area contributed by atoms with E-state index in [1.807, 2.05) is 12.1 Å². The van der Waals surface area contributed by atoms with Crippen LogP contribution in [0.4, 0.5) is 5.69 Å². The number of fused-ring (bicyclic) bond motifs is 1. The van der Waals surface area contributed by atoms with Crippen LogP contribution in [0, 0.1) is 3.57 Å². The van der Waals surface area contributed by atoms with Crippen molar-refractivity contribution < 1.29 is 14.4 Å². The average Bonchev–Trinajstić information content (AvgIpc) is 2.73. The summed E-state index contributed by atoms with van der Waals surface area (Å²) in [6.07, 6.45) is 0. The minimum atomic E-state index is -0.432. The van der Waals surface area contributed by atoms with Gasteiger partial charge in [-0.2, -0.15) is 0 Å². The Morgan fingerprint density at radius 2 is 1.64 bits per heavy atom. The Balaban J connectivity index is 1.73. The van der Waals surface area contributed by atoms with E-state index in [0.29, 0.717) is 16.8 Å². The minimum absolute atomic E-state index is 0.294. The van der Waals surface area contributed by atoms with Crippen LogP contribution in [0.2, 0.25) is 0 Å². The van der Waals surface area contributed by atoms with Gasteiger partial charge < -0.3 is 5.32 Å². The van der Waals surface area contributed by atoms with Crippen LogP contribution >= 0.6 is 22.6 Å². The summed E-state index contributed by atoms with van der Waals surface area (Å²) in [7, 11) is 0. The molecule has 1 aliphatic heterocycles. The molecular weight excluding hydrogens is 395 g/mol. The van der Waals surface area contributed by atoms with Gasteiger partial charge in [0, 0.05) is 9.26 Å². The maximum absolute atomic E-state index is 12.2. The molecule has 2 aromatic carbocycles. The van der Waals surface area contributed by atoms with Gasteiger partial charge in [-0.25, -0.2) is 0 Å². The molecule has 0 unspecified atom stereocenters. The number of imide groups is 1. The summed E-state index contributed by atoms with van der Waals surface area (Å²) >= 11 is 2.14. The van der Waals surface area contributed by atoms with E-state index in [4.69, 9.17) is 0 Å². The molecule has 3 amide bonds. The molecule has 0 atom stereocenters. The molecule has 2 aromatic rings. The van der Waals surface area contributed by atoms with Crippen LogP contribution in [0.1, 0.15) is 20.7 Å². The zero-order valence-electron chi connectivity index (χ0n) is 11.4. The molecule has 0 bridgehead atoms. The van der Waals surface area contributed by atoms with E-state index < -0.39 is 17.7 Å². The summed E-state index contributed by atoms with van der Waals surface area (Å²) in [5.74, 6) is -1.27. The number of rotatable bonds is 3. The zero-order chi connectivity index (χ0) is 15.7. The third kappa shape index (κ3) is 2.74. The Bertz CT molecular complexity index is 753. The summed E-state index contributed by atoms with van der Waals surface area (Å²) in [4.78, 5) is 37.4. The number of benzene rings is 2. The average molecular weight is 406 g/mol. The highest BCUT2D eigenvalue weighted by Crippen LogP contribution is 2.22. The third-order valence-corrected chi connectivity index (χ3v) is 3.96. The van der Waals surface area contributed by atoms with Gasteiger partial charge in [-0.3, -0.25) is 19.3 Å². The number of nitrogens with zero attached hydrogens (tertiary/aromatic N) is 1. The normalized spacial score (nSPS) is 13.2. The molecule has 0 aliphatic carbocycles. The highest BCUT2D eigenvalue weighted by Gasteiger charge is 2.36. The molecule has 5 nitrogen and oxygen atoms in total. The van der Waals surface area contributed by atoms with Gasteiger partial charge in [0.2, 0.25) is 5.91 Å². The van der Waals surface area contributed by atoms with Gasteiger partial charge in [0.25, 0.3) is 11.8 Å². The maximum atomic E-state index is 12.2. The van der Waals surface area contributed by atoms with Crippen LogP contribution in [0.3, 0.4) is 0 Å². The van der Waals surface area contributed by atoms with Crippen LogP contribution in [-0.2, 0) is 4.79 Å². The first-order valence-electron chi connectivity index (χ1n) is 6.57. The van der Waals surface area contributed by atoms with E-state index in [2.05, 4.69) is 27.9 Å². The van der Waals surface area contributed by atoms with E-state index in [0.717, 1.165) is 8.47 Å². The van der Waals surface area contributed by atoms with Crippen LogP contribution in [-0.4, -0.2) is 29.2 Å². The van der Waals surface area contributed by atoms with Gasteiger partial charge in [0.05, 0.1) is 11.1 Å². The summed E-state index contributed by atoms with van der Waals surface area (Å²) in [6, 6.07) is 13.8. The van der Waals surface area contributed by atoms with Crippen molar-refractivity contribution in [3.63, 3.8) is 0 Å². The van der Waals surface area contributed by atoms with Crippen LogP contribution in [0.15, 0.2) is 48.5 Å². The smallest absolute Gasteiger partial charge is 0.262 e. The Labute approximate surface area is 140 Å². The molecule has 6 heteroatoms. The first kappa shape index (κ1) is 14.7. The summed E-state index contributed by atoms with van der Waals surface area (Å²) in [6.45, 7) is -0.294. The van der Waals surface area contributed by atoms with Gasteiger partial charge in [-0.05, 0) is 52.9 Å². The number of halogens is 1. The molecule has 1 heterocycles. The first-order valence-corrected chi connectivity index (χ1v) is 7.65. The van der Waals surface area contributed by atoms with E-state index in [1.54, 1.807) is 36.4 Å². The standard InChI is InChI=1S/C16H11IN2O3/c17-10-4-3-5-11(8-10)18-14(20)9-19-15(21)12-6-1-2-7-13(12)16(19)22/h1-8H,9H2,(H,18,20). The molecule has 0 aromatic heterocycles. The Morgan fingerprint density at radius 1 is 1.00 bits per heavy atom.